The number of anilines is 1. The Morgan fingerprint density at radius 2 is 1.89 bits per heavy atom. The van der Waals surface area contributed by atoms with Crippen molar-refractivity contribution < 1.29 is 17.6 Å². The highest BCUT2D eigenvalue weighted by molar-refractivity contribution is 7.93. The van der Waals surface area contributed by atoms with E-state index in [-0.39, 0.29) is 23.4 Å². The Kier molecular flexibility index (Phi) is 4.60. The van der Waals surface area contributed by atoms with E-state index in [9.17, 15) is 13.2 Å². The van der Waals surface area contributed by atoms with Crippen molar-refractivity contribution in [2.75, 3.05) is 31.5 Å². The second kappa shape index (κ2) is 6.96. The van der Waals surface area contributed by atoms with Crippen molar-refractivity contribution in [1.29, 1.82) is 0 Å². The molecule has 1 aromatic heterocycles. The van der Waals surface area contributed by atoms with Gasteiger partial charge in [0.15, 0.2) is 0 Å². The lowest BCUT2D eigenvalue weighted by Gasteiger charge is -2.23. The maximum Gasteiger partial charge on any atom is 0.265 e. The number of nitrogens with one attached hydrogen (secondary N) is 1. The molecule has 8 heteroatoms. The molecule has 0 saturated heterocycles. The van der Waals surface area contributed by atoms with Gasteiger partial charge >= 0.3 is 0 Å². The maximum absolute atomic E-state index is 13.0. The van der Waals surface area contributed by atoms with Crippen LogP contribution in [-0.4, -0.2) is 46.4 Å². The van der Waals surface area contributed by atoms with E-state index in [0.717, 1.165) is 11.1 Å². The number of hydrogen-bond acceptors (Lipinski definition) is 5. The van der Waals surface area contributed by atoms with Gasteiger partial charge in [-0.15, -0.1) is 0 Å². The summed E-state index contributed by atoms with van der Waals surface area (Å²) in [5.41, 5.74) is 0.540. The molecule has 146 valence electrons. The zero-order valence-electron chi connectivity index (χ0n) is 15.6. The van der Waals surface area contributed by atoms with Crippen LogP contribution in [0.1, 0.15) is 11.8 Å². The molecular formula is C20H21N3O4S. The molecule has 0 saturated carbocycles. The van der Waals surface area contributed by atoms with Crippen LogP contribution in [0.4, 0.5) is 5.69 Å². The molecule has 1 atom stereocenters. The topological polar surface area (TPSA) is 82.9 Å². The smallest absolute Gasteiger partial charge is 0.265 e. The number of hydrogen-bond donors (Lipinski definition) is 1. The number of carbonyl (C=O) groups excluding carboxylic acids is 1. The molecule has 4 rings (SSSR count). The van der Waals surface area contributed by atoms with Gasteiger partial charge in [0.05, 0.1) is 22.9 Å². The van der Waals surface area contributed by atoms with Crippen LogP contribution in [-0.2, 0) is 14.8 Å². The first-order valence-corrected chi connectivity index (χ1v) is 10.3. The van der Waals surface area contributed by atoms with Gasteiger partial charge in [0.2, 0.25) is 5.91 Å². The number of benzene rings is 2. The Morgan fingerprint density at radius 1 is 1.14 bits per heavy atom. The third-order valence-electron chi connectivity index (χ3n) is 4.96. The average molecular weight is 399 g/mol. The van der Waals surface area contributed by atoms with Crippen molar-refractivity contribution in [3.8, 4) is 0 Å². The van der Waals surface area contributed by atoms with E-state index in [0.29, 0.717) is 17.6 Å². The van der Waals surface area contributed by atoms with Crippen LogP contribution < -0.4 is 9.62 Å². The molecule has 0 aliphatic carbocycles. The summed E-state index contributed by atoms with van der Waals surface area (Å²) in [4.78, 5) is 14.8. The third-order valence-corrected chi connectivity index (χ3v) is 6.76. The summed E-state index contributed by atoms with van der Waals surface area (Å²) < 4.78 is 32.5. The van der Waals surface area contributed by atoms with Crippen LogP contribution in [0.25, 0.3) is 10.8 Å². The van der Waals surface area contributed by atoms with Crippen molar-refractivity contribution in [2.24, 2.45) is 0 Å². The molecule has 1 N–H and O–H groups in total. The predicted molar refractivity (Wildman–Crippen MR) is 107 cm³/mol. The zero-order chi connectivity index (χ0) is 19.9. The monoisotopic (exact) mass is 399 g/mol. The fourth-order valence-corrected chi connectivity index (χ4v) is 5.21. The minimum atomic E-state index is -3.75. The highest BCUT2D eigenvalue weighted by atomic mass is 32.2. The first-order chi connectivity index (χ1) is 13.4. The number of rotatable bonds is 6. The summed E-state index contributed by atoms with van der Waals surface area (Å²) >= 11 is 0. The molecule has 1 amide bonds. The highest BCUT2D eigenvalue weighted by Gasteiger charge is 2.36. The minimum absolute atomic E-state index is 0.144. The molecular weight excluding hydrogens is 378 g/mol. The van der Waals surface area contributed by atoms with Gasteiger partial charge in [0, 0.05) is 11.9 Å². The number of carbonyl (C=O) groups is 1. The van der Waals surface area contributed by atoms with Crippen LogP contribution in [0.15, 0.2) is 64.1 Å². The van der Waals surface area contributed by atoms with Gasteiger partial charge in [-0.3, -0.25) is 14.0 Å². The summed E-state index contributed by atoms with van der Waals surface area (Å²) in [5.74, 6) is 0.364. The Hall–Kier alpha value is -2.84. The molecule has 0 bridgehead atoms. The van der Waals surface area contributed by atoms with E-state index in [1.807, 2.05) is 37.2 Å². The third kappa shape index (κ3) is 3.04. The quantitative estimate of drug-likeness (QED) is 0.688. The lowest BCUT2D eigenvalue weighted by molar-refractivity contribution is -0.119. The first-order valence-electron chi connectivity index (χ1n) is 8.90. The second-order valence-corrected chi connectivity index (χ2v) is 8.77. The Bertz CT molecular complexity index is 1120. The summed E-state index contributed by atoms with van der Waals surface area (Å²) in [6.07, 6.45) is 1.59. The molecule has 0 radical (unpaired) electrons. The van der Waals surface area contributed by atoms with E-state index >= 15 is 0 Å². The number of sulfonamides is 1. The number of likely N-dealkylation sites (N-methyl/N-ethyl adjacent to an activating group) is 1. The zero-order valence-corrected chi connectivity index (χ0v) is 16.4. The van der Waals surface area contributed by atoms with Gasteiger partial charge in [-0.05, 0) is 43.7 Å². The van der Waals surface area contributed by atoms with E-state index in [2.05, 4.69) is 5.32 Å². The van der Waals surface area contributed by atoms with Crippen LogP contribution in [0.5, 0.6) is 0 Å². The Labute approximate surface area is 163 Å². The molecule has 2 aromatic carbocycles. The largest absolute Gasteiger partial charge is 0.468 e. The van der Waals surface area contributed by atoms with Crippen molar-refractivity contribution in [3.05, 3.63) is 60.6 Å². The maximum atomic E-state index is 13.0. The molecule has 0 fully saturated rings. The summed E-state index contributed by atoms with van der Waals surface area (Å²) in [7, 11) is 0.0329. The first kappa shape index (κ1) is 18.5. The molecule has 28 heavy (non-hydrogen) atoms. The molecule has 7 nitrogen and oxygen atoms in total. The average Bonchev–Trinajstić information content (AvgIpc) is 3.25. The standard InChI is InChI=1S/C20H21N3O4S/c1-22(2)16(17-9-5-11-27-17)12-21-19(24)13-23-15-8-3-6-14-7-4-10-18(20(14)15)28(23,25)26/h3-11,16H,12-13H2,1-2H3,(H,21,24). The lowest BCUT2D eigenvalue weighted by Crippen LogP contribution is -2.41. The van der Waals surface area contributed by atoms with Crippen LogP contribution in [0.2, 0.25) is 0 Å². The molecule has 0 spiro atoms. The fourth-order valence-electron chi connectivity index (χ4n) is 3.54. The van der Waals surface area contributed by atoms with Crippen molar-refractivity contribution in [3.63, 3.8) is 0 Å². The summed E-state index contributed by atoms with van der Waals surface area (Å²) in [5, 5.41) is 4.34. The summed E-state index contributed by atoms with van der Waals surface area (Å²) in [6.45, 7) is 0.0405. The van der Waals surface area contributed by atoms with Gasteiger partial charge in [-0.2, -0.15) is 0 Å². The predicted octanol–water partition coefficient (Wildman–Crippen LogP) is 2.36. The van der Waals surface area contributed by atoms with E-state index in [4.69, 9.17) is 4.42 Å². The molecule has 1 aliphatic rings. The molecule has 1 aliphatic heterocycles. The van der Waals surface area contributed by atoms with Crippen LogP contribution in [0.3, 0.4) is 0 Å². The second-order valence-electron chi connectivity index (χ2n) is 6.94. The van der Waals surface area contributed by atoms with Gasteiger partial charge in [-0.1, -0.05) is 24.3 Å². The number of nitrogens with zero attached hydrogens (tertiary/aromatic N) is 2. The summed E-state index contributed by atoms with van der Waals surface area (Å²) in [6, 6.07) is 14.1. The number of amides is 1. The molecule has 1 unspecified atom stereocenters. The van der Waals surface area contributed by atoms with E-state index in [1.165, 1.54) is 4.31 Å². The molecule has 2 heterocycles. The van der Waals surface area contributed by atoms with Gasteiger partial charge in [0.1, 0.15) is 12.3 Å². The lowest BCUT2D eigenvalue weighted by atomic mass is 10.1. The van der Waals surface area contributed by atoms with Gasteiger partial charge < -0.3 is 9.73 Å². The van der Waals surface area contributed by atoms with E-state index in [1.54, 1.807) is 36.6 Å². The SMILES string of the molecule is CN(C)C(CNC(=O)CN1c2cccc3cccc(c23)S1(=O)=O)c1ccco1. The van der Waals surface area contributed by atoms with Crippen molar-refractivity contribution >= 4 is 32.4 Å². The number of furan rings is 1. The van der Waals surface area contributed by atoms with Crippen LogP contribution >= 0.6 is 0 Å². The normalized spacial score (nSPS) is 15.9. The van der Waals surface area contributed by atoms with Gasteiger partial charge in [-0.25, -0.2) is 8.42 Å². The molecule has 3 aromatic rings. The minimum Gasteiger partial charge on any atom is -0.468 e. The van der Waals surface area contributed by atoms with Crippen LogP contribution in [0, 0.1) is 0 Å². The van der Waals surface area contributed by atoms with Crippen molar-refractivity contribution in [1.82, 2.24) is 10.2 Å². The fraction of sp³-hybridized carbons (Fsp3) is 0.250. The van der Waals surface area contributed by atoms with Gasteiger partial charge in [0.25, 0.3) is 10.0 Å². The Morgan fingerprint density at radius 3 is 2.57 bits per heavy atom. The highest BCUT2D eigenvalue weighted by Crippen LogP contribution is 2.41. The van der Waals surface area contributed by atoms with E-state index < -0.39 is 10.0 Å². The van der Waals surface area contributed by atoms with Crippen molar-refractivity contribution in [2.45, 2.75) is 10.9 Å². The Balaban J connectivity index is 1.53.